The van der Waals surface area contributed by atoms with Crippen molar-refractivity contribution in [1.29, 1.82) is 0 Å². The number of aliphatic imine (C=N–C) groups is 1. The number of hydrogen-bond acceptors (Lipinski definition) is 24. The highest BCUT2D eigenvalue weighted by Gasteiger charge is 2.23. The van der Waals surface area contributed by atoms with Crippen LogP contribution < -0.4 is 16.3 Å². The van der Waals surface area contributed by atoms with Gasteiger partial charge in [-0.15, -0.1) is 0 Å². The molecule has 0 bridgehead atoms. The van der Waals surface area contributed by atoms with E-state index in [-0.39, 0.29) is 60.2 Å². The monoisotopic (exact) mass is 1090 g/mol. The fourth-order valence-corrected chi connectivity index (χ4v) is 5.60. The zero-order valence-corrected chi connectivity index (χ0v) is 43.7. The minimum absolute atomic E-state index is 0.00783. The van der Waals surface area contributed by atoms with Crippen LogP contribution in [-0.4, -0.2) is 199 Å². The number of rotatable bonds is 24. The van der Waals surface area contributed by atoms with Crippen molar-refractivity contribution in [3.05, 3.63) is 113 Å². The number of methoxy groups -OCH3 is 12. The second-order valence-corrected chi connectivity index (χ2v) is 14.2. The predicted molar refractivity (Wildman–Crippen MR) is 259 cm³/mol. The van der Waals surface area contributed by atoms with Crippen LogP contribution in [-0.2, 0) is 81.3 Å². The Morgan fingerprint density at radius 1 is 0.461 bits per heavy atom. The van der Waals surface area contributed by atoms with Gasteiger partial charge < -0.3 is 91.0 Å². The normalized spacial score (nSPS) is 11.1. The minimum Gasteiger partial charge on any atom is -0.512 e. The van der Waals surface area contributed by atoms with Gasteiger partial charge in [0.1, 0.15) is 45.1 Å². The SMILES string of the molecule is COC(=O)C(C=NCC(OC)OC)=C(C)O.COC(=O)c1cc(=O)c(C(=O)O)cn1CC(OC)OC.COC(=O)c1cn(CC(OC)OC)c(C(=O)OC)cc1=O.COC(Cn1cc(C(=O)O)c(=O)cc1C(=O)O)OC. The molecule has 30 nitrogen and oxygen atoms in total. The van der Waals surface area contributed by atoms with Crippen LogP contribution in [0.5, 0.6) is 0 Å². The molecule has 0 amide bonds. The molecule has 0 atom stereocenters. The molecule has 30 heteroatoms. The van der Waals surface area contributed by atoms with Gasteiger partial charge in [-0.3, -0.25) is 19.4 Å². The maximum absolute atomic E-state index is 11.9. The highest BCUT2D eigenvalue weighted by molar-refractivity contribution is 6.09. The molecular weight excluding hydrogens is 1020 g/mol. The average molecular weight is 1090 g/mol. The lowest BCUT2D eigenvalue weighted by Crippen LogP contribution is -2.28. The smallest absolute Gasteiger partial charge is 0.354 e. The topological polar surface area (TPSA) is 390 Å². The summed E-state index contributed by atoms with van der Waals surface area (Å²) in [6.07, 6.45) is 1.85. The number of esters is 4. The summed E-state index contributed by atoms with van der Waals surface area (Å²) in [4.78, 5) is 118. The van der Waals surface area contributed by atoms with Crippen molar-refractivity contribution in [1.82, 2.24) is 13.7 Å². The summed E-state index contributed by atoms with van der Waals surface area (Å²) in [6, 6.07) is 2.69. The number of nitrogens with zero attached hydrogens (tertiary/aromatic N) is 4. The standard InChI is InChI=1S/C13H17NO7.C12H15NO7.C11H13NO7.C10H17NO5/c1-18-11(19-2)7-14-6-8(12(16)20-3)10(15)5-9(14)13(17)21-4;1-18-10(19-2)6-13-5-7(11(15)16)9(14)4-8(13)12(17)20-3;1-18-9(19-2)5-12-4-6(10(14)15)8(13)3-7(12)11(16)17;1-7(12)8(10(13)16-4)5-11-6-9(14-2)15-3/h5-6,11H,7H2,1-4H3;4-5,10H,6H2,1-3H3,(H,15,16);3-4,9H,5H2,1-2H3,(H,14,15)(H,16,17);5,9,12H,6H2,1-4H3. The van der Waals surface area contributed by atoms with Gasteiger partial charge in [-0.1, -0.05) is 0 Å². The van der Waals surface area contributed by atoms with E-state index in [2.05, 4.69) is 23.9 Å². The Labute approximate surface area is 433 Å². The molecule has 0 radical (unpaired) electrons. The van der Waals surface area contributed by atoms with Crippen LogP contribution in [0, 0.1) is 0 Å². The molecule has 4 N–H and O–H groups in total. The number of ether oxygens (including phenoxy) is 12. The molecule has 0 saturated heterocycles. The highest BCUT2D eigenvalue weighted by Crippen LogP contribution is 2.10. The van der Waals surface area contributed by atoms with E-state index >= 15 is 0 Å². The Hall–Kier alpha value is -7.97. The van der Waals surface area contributed by atoms with Gasteiger partial charge in [0.15, 0.2) is 41.4 Å². The van der Waals surface area contributed by atoms with Crippen LogP contribution in [0.4, 0.5) is 0 Å². The lowest BCUT2D eigenvalue weighted by molar-refractivity contribution is -0.135. The number of carboxylic acid groups (broad SMARTS) is 3. The van der Waals surface area contributed by atoms with E-state index in [1.54, 1.807) is 0 Å². The van der Waals surface area contributed by atoms with Crippen molar-refractivity contribution in [3.63, 3.8) is 0 Å². The molecule has 0 aliphatic rings. The third kappa shape index (κ3) is 21.5. The van der Waals surface area contributed by atoms with Gasteiger partial charge >= 0.3 is 41.8 Å². The van der Waals surface area contributed by atoms with E-state index in [1.807, 2.05) is 0 Å². The third-order valence-electron chi connectivity index (χ3n) is 9.67. The van der Waals surface area contributed by atoms with Crippen molar-refractivity contribution in [2.45, 2.75) is 51.7 Å². The largest absolute Gasteiger partial charge is 0.512 e. The van der Waals surface area contributed by atoms with Gasteiger partial charge in [0, 0.05) is 99.9 Å². The number of aliphatic hydroxyl groups is 1. The van der Waals surface area contributed by atoms with Crippen LogP contribution in [0.15, 0.2) is 67.5 Å². The molecule has 422 valence electrons. The zero-order chi connectivity index (χ0) is 58.4. The maximum Gasteiger partial charge on any atom is 0.354 e. The van der Waals surface area contributed by atoms with Gasteiger partial charge in [0.05, 0.1) is 54.6 Å². The van der Waals surface area contributed by atoms with Crippen LogP contribution in [0.1, 0.15) is 69.5 Å². The second-order valence-electron chi connectivity index (χ2n) is 14.2. The number of carbonyl (C=O) groups is 7. The van der Waals surface area contributed by atoms with Crippen molar-refractivity contribution < 1.29 is 111 Å². The Morgan fingerprint density at radius 2 is 0.776 bits per heavy atom. The summed E-state index contributed by atoms with van der Waals surface area (Å²) in [5.41, 5.74) is -3.88. The molecule has 0 spiro atoms. The molecule has 0 unspecified atom stereocenters. The fourth-order valence-electron chi connectivity index (χ4n) is 5.60. The highest BCUT2D eigenvalue weighted by atomic mass is 16.7. The van der Waals surface area contributed by atoms with Gasteiger partial charge in [-0.25, -0.2) is 33.6 Å². The number of carbonyl (C=O) groups excluding carboxylic acids is 4. The summed E-state index contributed by atoms with van der Waals surface area (Å²) >= 11 is 0. The summed E-state index contributed by atoms with van der Waals surface area (Å²) in [6.45, 7) is 1.65. The minimum atomic E-state index is -1.43. The molecule has 0 aliphatic carbocycles. The average Bonchev–Trinajstić information content (AvgIpc) is 3.40. The number of hydrogen-bond donors (Lipinski definition) is 4. The molecule has 0 aromatic carbocycles. The van der Waals surface area contributed by atoms with Crippen LogP contribution in [0.25, 0.3) is 0 Å². The van der Waals surface area contributed by atoms with E-state index in [9.17, 15) is 53.1 Å². The molecule has 0 aliphatic heterocycles. The van der Waals surface area contributed by atoms with E-state index in [4.69, 9.17) is 53.2 Å². The van der Waals surface area contributed by atoms with Gasteiger partial charge in [-0.2, -0.15) is 0 Å². The number of aliphatic hydroxyl groups excluding tert-OH is 1. The Morgan fingerprint density at radius 3 is 1.07 bits per heavy atom. The Bertz CT molecular complexity index is 2670. The first-order valence-electron chi connectivity index (χ1n) is 21.3. The first-order chi connectivity index (χ1) is 35.9. The first-order valence-corrected chi connectivity index (χ1v) is 21.3. The molecular formula is C46H62N4O26. The number of allylic oxidation sites excluding steroid dienone is 1. The van der Waals surface area contributed by atoms with Crippen LogP contribution >= 0.6 is 0 Å². The van der Waals surface area contributed by atoms with Gasteiger partial charge in [0.2, 0.25) is 0 Å². The van der Waals surface area contributed by atoms with Crippen molar-refractivity contribution in [2.75, 3.05) is 91.9 Å². The van der Waals surface area contributed by atoms with Gasteiger partial charge in [-0.05, 0) is 6.92 Å². The fraction of sp³-hybridized carbons (Fsp3) is 0.457. The second kappa shape index (κ2) is 35.3. The number of aromatic nitrogens is 3. The number of carboxylic acids is 3. The zero-order valence-electron chi connectivity index (χ0n) is 43.7. The maximum atomic E-state index is 11.9. The molecule has 0 saturated carbocycles. The lowest BCUT2D eigenvalue weighted by Gasteiger charge is -2.18. The Kier molecular flexibility index (Phi) is 31.6. The third-order valence-corrected chi connectivity index (χ3v) is 9.67. The lowest BCUT2D eigenvalue weighted by atomic mass is 10.2. The van der Waals surface area contributed by atoms with Crippen molar-refractivity contribution in [2.24, 2.45) is 4.99 Å². The molecule has 3 rings (SSSR count). The molecule has 3 aromatic heterocycles. The summed E-state index contributed by atoms with van der Waals surface area (Å²) in [5.74, 6) is -7.22. The summed E-state index contributed by atoms with van der Waals surface area (Å²) in [5, 5.41) is 36.0. The van der Waals surface area contributed by atoms with Crippen LogP contribution in [0.2, 0.25) is 0 Å². The summed E-state index contributed by atoms with van der Waals surface area (Å²) in [7, 11) is 16.1. The number of aromatic carboxylic acids is 3. The van der Waals surface area contributed by atoms with Crippen LogP contribution in [0.3, 0.4) is 0 Å². The molecule has 76 heavy (non-hydrogen) atoms. The summed E-state index contributed by atoms with van der Waals surface area (Å²) < 4.78 is 61.5. The van der Waals surface area contributed by atoms with E-state index in [1.165, 1.54) is 99.6 Å². The molecule has 0 fully saturated rings. The van der Waals surface area contributed by atoms with Crippen molar-refractivity contribution >= 4 is 48.0 Å². The number of pyridine rings is 3. The predicted octanol–water partition coefficient (Wildman–Crippen LogP) is 0.537. The first kappa shape index (κ1) is 68.0. The Balaban J connectivity index is 0.000000992. The van der Waals surface area contributed by atoms with E-state index in [0.29, 0.717) is 0 Å². The van der Waals surface area contributed by atoms with Crippen molar-refractivity contribution in [3.8, 4) is 0 Å². The quantitative estimate of drug-likeness (QED) is 0.0237. The molecule has 3 aromatic rings. The van der Waals surface area contributed by atoms with E-state index in [0.717, 1.165) is 49.4 Å². The van der Waals surface area contributed by atoms with E-state index < -0.39 is 94.4 Å². The van der Waals surface area contributed by atoms with Gasteiger partial charge in [0.25, 0.3) is 0 Å². The molecule has 3 heterocycles.